The Kier molecular flexibility index (Phi) is 6.38. The maximum Gasteiger partial charge on any atom is 0.316 e. The van der Waals surface area contributed by atoms with Crippen LogP contribution in [0, 0.1) is 0 Å². The van der Waals surface area contributed by atoms with Crippen molar-refractivity contribution in [3.63, 3.8) is 0 Å². The summed E-state index contributed by atoms with van der Waals surface area (Å²) in [4.78, 5) is 32.7. The molecule has 4 aromatic rings. The number of carbonyl (C=O) groups excluding carboxylic acids is 2. The Labute approximate surface area is 179 Å². The van der Waals surface area contributed by atoms with E-state index >= 15 is 0 Å². The van der Waals surface area contributed by atoms with Gasteiger partial charge in [0.05, 0.1) is 31.2 Å². The molecule has 2 aromatic heterocycles. The Morgan fingerprint density at radius 1 is 0.966 bits per heavy atom. The Bertz CT molecular complexity index is 1090. The summed E-state index contributed by atoms with van der Waals surface area (Å²) in [6.07, 6.45) is 0.645. The first-order chi connectivity index (χ1) is 14.2. The molecule has 2 aromatic carbocycles. The van der Waals surface area contributed by atoms with Gasteiger partial charge in [0, 0.05) is 13.0 Å². The highest BCUT2D eigenvalue weighted by Crippen LogP contribution is 2.29. The van der Waals surface area contributed by atoms with E-state index in [1.54, 1.807) is 11.3 Å². The van der Waals surface area contributed by atoms with Gasteiger partial charge in [-0.15, -0.1) is 22.7 Å². The molecule has 0 bridgehead atoms. The second-order valence-corrected chi connectivity index (χ2v) is 9.44. The molecule has 0 spiro atoms. The molecule has 0 saturated heterocycles. The lowest BCUT2D eigenvalue weighted by Gasteiger charge is -2.05. The Morgan fingerprint density at radius 3 is 2.38 bits per heavy atom. The highest BCUT2D eigenvalue weighted by Gasteiger charge is 2.11. The fourth-order valence-corrected chi connectivity index (χ4v) is 5.44. The minimum atomic E-state index is -0.435. The predicted octanol–water partition coefficient (Wildman–Crippen LogP) is 3.90. The summed E-state index contributed by atoms with van der Waals surface area (Å²) in [7, 11) is 0. The van der Waals surface area contributed by atoms with Crippen molar-refractivity contribution in [3.05, 3.63) is 53.5 Å². The molecular weight excluding hydrogens is 426 g/mol. The molecule has 2 heterocycles. The molecule has 1 N–H and O–H groups in total. The van der Waals surface area contributed by atoms with Crippen LogP contribution < -0.4 is 5.32 Å². The van der Waals surface area contributed by atoms with E-state index in [9.17, 15) is 9.59 Å². The number of hydrogen-bond acceptors (Lipinski definition) is 8. The third-order valence-electron chi connectivity index (χ3n) is 3.95. The average molecular weight is 444 g/mol. The number of fused-ring (bicyclic) bond motifs is 2. The summed E-state index contributed by atoms with van der Waals surface area (Å²) in [5.74, 6) is -0.626. The van der Waals surface area contributed by atoms with Crippen LogP contribution in [0.5, 0.6) is 0 Å². The van der Waals surface area contributed by atoms with Gasteiger partial charge < -0.3 is 10.1 Å². The van der Waals surface area contributed by atoms with Crippen molar-refractivity contribution < 1.29 is 14.3 Å². The van der Waals surface area contributed by atoms with Crippen LogP contribution in [0.4, 0.5) is 0 Å². The van der Waals surface area contributed by atoms with Gasteiger partial charge in [-0.1, -0.05) is 36.0 Å². The first-order valence-corrected chi connectivity index (χ1v) is 11.5. The largest absolute Gasteiger partial charge is 0.455 e. The number of nitrogens with one attached hydrogen (secondary N) is 1. The Balaban J connectivity index is 1.15. The van der Waals surface area contributed by atoms with Crippen LogP contribution in [0.15, 0.2) is 52.9 Å². The van der Waals surface area contributed by atoms with Crippen molar-refractivity contribution >= 4 is 66.7 Å². The Hall–Kier alpha value is -2.49. The van der Waals surface area contributed by atoms with Crippen LogP contribution in [0.25, 0.3) is 20.4 Å². The van der Waals surface area contributed by atoms with Gasteiger partial charge in [0.1, 0.15) is 0 Å². The highest BCUT2D eigenvalue weighted by molar-refractivity contribution is 8.01. The number of esters is 1. The number of thiazole rings is 2. The molecule has 4 rings (SSSR count). The van der Waals surface area contributed by atoms with Crippen LogP contribution in [0.2, 0.25) is 0 Å². The number of amides is 1. The summed E-state index contributed by atoms with van der Waals surface area (Å²) in [6.45, 7) is 0.176. The van der Waals surface area contributed by atoms with Gasteiger partial charge in [0.15, 0.2) is 10.9 Å². The number of aromatic nitrogens is 2. The molecular formula is C20H17N3O3S3. The lowest BCUT2D eigenvalue weighted by molar-refractivity contribution is -0.145. The van der Waals surface area contributed by atoms with Gasteiger partial charge >= 0.3 is 5.97 Å². The maximum absolute atomic E-state index is 11.9. The zero-order chi connectivity index (χ0) is 20.1. The minimum Gasteiger partial charge on any atom is -0.455 e. The maximum atomic E-state index is 11.9. The van der Waals surface area contributed by atoms with Gasteiger partial charge in [0.2, 0.25) is 0 Å². The quantitative estimate of drug-likeness (QED) is 0.329. The fraction of sp³-hybridized carbons (Fsp3) is 0.200. The van der Waals surface area contributed by atoms with E-state index in [1.165, 1.54) is 23.1 Å². The van der Waals surface area contributed by atoms with E-state index in [0.29, 0.717) is 13.0 Å². The SMILES string of the molecule is O=C(COC(=O)CSc1nc2ccccc2s1)NCCc1nc2ccccc2s1. The van der Waals surface area contributed by atoms with Crippen LogP contribution in [-0.4, -0.2) is 40.7 Å². The third kappa shape index (κ3) is 5.31. The van der Waals surface area contributed by atoms with Crippen molar-refractivity contribution in [1.29, 1.82) is 0 Å². The summed E-state index contributed by atoms with van der Waals surface area (Å²) >= 11 is 4.47. The van der Waals surface area contributed by atoms with Gasteiger partial charge in [-0.05, 0) is 24.3 Å². The average Bonchev–Trinajstić information content (AvgIpc) is 3.33. The second-order valence-electron chi connectivity index (χ2n) is 6.07. The number of ether oxygens (including phenoxy) is 1. The summed E-state index contributed by atoms with van der Waals surface area (Å²) in [5.41, 5.74) is 1.89. The van der Waals surface area contributed by atoms with Gasteiger partial charge in [-0.3, -0.25) is 9.59 Å². The van der Waals surface area contributed by atoms with Crippen molar-refractivity contribution in [2.45, 2.75) is 10.8 Å². The smallest absolute Gasteiger partial charge is 0.316 e. The summed E-state index contributed by atoms with van der Waals surface area (Å²) in [6, 6.07) is 15.8. The number of hydrogen-bond donors (Lipinski definition) is 1. The fourth-order valence-electron chi connectivity index (χ4n) is 2.61. The number of rotatable bonds is 8. The molecule has 0 saturated carbocycles. The van der Waals surface area contributed by atoms with E-state index in [4.69, 9.17) is 4.74 Å². The minimum absolute atomic E-state index is 0.124. The van der Waals surface area contributed by atoms with Gasteiger partial charge in [-0.25, -0.2) is 9.97 Å². The van der Waals surface area contributed by atoms with Crippen molar-refractivity contribution in [3.8, 4) is 0 Å². The van der Waals surface area contributed by atoms with E-state index < -0.39 is 5.97 Å². The zero-order valence-corrected chi connectivity index (χ0v) is 17.7. The molecule has 0 aliphatic rings. The topological polar surface area (TPSA) is 81.2 Å². The number of para-hydroxylation sites is 2. The predicted molar refractivity (Wildman–Crippen MR) is 118 cm³/mol. The Morgan fingerprint density at radius 2 is 1.66 bits per heavy atom. The lowest BCUT2D eigenvalue weighted by atomic mass is 10.3. The normalized spacial score (nSPS) is 11.0. The molecule has 6 nitrogen and oxygen atoms in total. The van der Waals surface area contributed by atoms with E-state index in [1.807, 2.05) is 48.5 Å². The second kappa shape index (κ2) is 9.34. The molecule has 0 aliphatic carbocycles. The van der Waals surface area contributed by atoms with Crippen LogP contribution in [-0.2, 0) is 20.7 Å². The van der Waals surface area contributed by atoms with Crippen molar-refractivity contribution in [2.24, 2.45) is 0 Å². The standard InChI is InChI=1S/C20H17N3O3S3/c24-17(21-10-9-18-22-13-5-1-3-7-15(13)28-18)11-26-19(25)12-27-20-23-14-6-2-4-8-16(14)29-20/h1-8H,9-12H2,(H,21,24). The number of thioether (sulfide) groups is 1. The highest BCUT2D eigenvalue weighted by atomic mass is 32.2. The van der Waals surface area contributed by atoms with E-state index in [0.717, 1.165) is 29.8 Å². The number of carbonyl (C=O) groups is 2. The van der Waals surface area contributed by atoms with Crippen molar-refractivity contribution in [1.82, 2.24) is 15.3 Å². The van der Waals surface area contributed by atoms with E-state index in [2.05, 4.69) is 15.3 Å². The first-order valence-electron chi connectivity index (χ1n) is 8.92. The molecule has 0 fully saturated rings. The van der Waals surface area contributed by atoms with Crippen LogP contribution in [0.3, 0.4) is 0 Å². The molecule has 148 valence electrons. The van der Waals surface area contributed by atoms with Crippen LogP contribution >= 0.6 is 34.4 Å². The van der Waals surface area contributed by atoms with Gasteiger partial charge in [0.25, 0.3) is 5.91 Å². The summed E-state index contributed by atoms with van der Waals surface area (Å²) in [5, 5.41) is 3.72. The molecule has 29 heavy (non-hydrogen) atoms. The number of benzene rings is 2. The van der Waals surface area contributed by atoms with E-state index in [-0.39, 0.29) is 18.3 Å². The monoisotopic (exact) mass is 443 g/mol. The molecule has 1 amide bonds. The third-order valence-corrected chi connectivity index (χ3v) is 7.20. The zero-order valence-electron chi connectivity index (χ0n) is 15.3. The first kappa shape index (κ1) is 19.8. The molecule has 0 atom stereocenters. The molecule has 0 aliphatic heterocycles. The molecule has 9 heteroatoms. The van der Waals surface area contributed by atoms with Crippen LogP contribution in [0.1, 0.15) is 5.01 Å². The van der Waals surface area contributed by atoms with Crippen molar-refractivity contribution in [2.75, 3.05) is 18.9 Å². The molecule has 0 unspecified atom stereocenters. The summed E-state index contributed by atoms with van der Waals surface area (Å²) < 4.78 is 8.06. The number of nitrogens with zero attached hydrogens (tertiary/aromatic N) is 2. The lowest BCUT2D eigenvalue weighted by Crippen LogP contribution is -2.30. The van der Waals surface area contributed by atoms with Gasteiger partial charge in [-0.2, -0.15) is 0 Å². The molecule has 0 radical (unpaired) electrons.